The molecule has 23 heavy (non-hydrogen) atoms. The van der Waals surface area contributed by atoms with Gasteiger partial charge in [-0.25, -0.2) is 9.18 Å². The summed E-state index contributed by atoms with van der Waals surface area (Å²) in [7, 11) is 0. The minimum absolute atomic E-state index is 0.0316. The number of hydrogen-bond acceptors (Lipinski definition) is 3. The van der Waals surface area contributed by atoms with E-state index in [9.17, 15) is 18.8 Å². The van der Waals surface area contributed by atoms with Crippen LogP contribution in [-0.4, -0.2) is 41.9 Å². The van der Waals surface area contributed by atoms with E-state index >= 15 is 0 Å². The zero-order chi connectivity index (χ0) is 17.0. The van der Waals surface area contributed by atoms with Crippen molar-refractivity contribution in [3.8, 4) is 0 Å². The van der Waals surface area contributed by atoms with Gasteiger partial charge in [0.1, 0.15) is 11.9 Å². The SMILES string of the molecule is CC(C)[C@@H]1NC(=O)N(CCCNC(=O)c2cccc(F)c2)C1=O. The first-order valence-electron chi connectivity index (χ1n) is 7.56. The van der Waals surface area contributed by atoms with Gasteiger partial charge in [-0.15, -0.1) is 0 Å². The van der Waals surface area contributed by atoms with Crippen molar-refractivity contribution in [3.63, 3.8) is 0 Å². The van der Waals surface area contributed by atoms with Gasteiger partial charge in [-0.3, -0.25) is 14.5 Å². The van der Waals surface area contributed by atoms with E-state index in [1.807, 2.05) is 13.8 Å². The van der Waals surface area contributed by atoms with Gasteiger partial charge in [0, 0.05) is 18.7 Å². The van der Waals surface area contributed by atoms with E-state index in [1.165, 1.54) is 23.1 Å². The Morgan fingerprint density at radius 2 is 2.13 bits per heavy atom. The van der Waals surface area contributed by atoms with E-state index in [0.717, 1.165) is 6.07 Å². The maximum Gasteiger partial charge on any atom is 0.324 e. The summed E-state index contributed by atoms with van der Waals surface area (Å²) in [5, 5.41) is 5.28. The number of nitrogens with zero attached hydrogens (tertiary/aromatic N) is 1. The largest absolute Gasteiger partial charge is 0.352 e. The lowest BCUT2D eigenvalue weighted by atomic mass is 10.1. The maximum absolute atomic E-state index is 13.0. The molecule has 0 spiro atoms. The van der Waals surface area contributed by atoms with E-state index < -0.39 is 17.9 Å². The van der Waals surface area contributed by atoms with Crippen molar-refractivity contribution in [2.24, 2.45) is 5.92 Å². The number of carbonyl (C=O) groups excluding carboxylic acids is 3. The molecule has 0 aliphatic carbocycles. The number of benzene rings is 1. The first-order valence-corrected chi connectivity index (χ1v) is 7.56. The fraction of sp³-hybridized carbons (Fsp3) is 0.438. The van der Waals surface area contributed by atoms with Crippen LogP contribution in [0, 0.1) is 11.7 Å². The van der Waals surface area contributed by atoms with Crippen molar-refractivity contribution in [1.82, 2.24) is 15.5 Å². The summed E-state index contributed by atoms with van der Waals surface area (Å²) in [6.07, 6.45) is 0.436. The first-order chi connectivity index (χ1) is 10.9. The number of imide groups is 1. The second-order valence-electron chi connectivity index (χ2n) is 5.78. The summed E-state index contributed by atoms with van der Waals surface area (Å²) in [6.45, 7) is 4.26. The molecule has 1 aliphatic heterocycles. The van der Waals surface area contributed by atoms with Gasteiger partial charge in [0.25, 0.3) is 11.8 Å². The van der Waals surface area contributed by atoms with E-state index in [-0.39, 0.29) is 29.8 Å². The molecule has 6 nitrogen and oxygen atoms in total. The van der Waals surface area contributed by atoms with Gasteiger partial charge in [-0.1, -0.05) is 19.9 Å². The molecular formula is C16H20FN3O3. The lowest BCUT2D eigenvalue weighted by Gasteiger charge is -2.14. The monoisotopic (exact) mass is 321 g/mol. The Labute approximate surface area is 134 Å². The molecular weight excluding hydrogens is 301 g/mol. The Morgan fingerprint density at radius 1 is 1.39 bits per heavy atom. The molecule has 1 fully saturated rings. The van der Waals surface area contributed by atoms with Crippen LogP contribution in [0.5, 0.6) is 0 Å². The third-order valence-corrected chi connectivity index (χ3v) is 3.65. The Bertz CT molecular complexity index is 618. The van der Waals surface area contributed by atoms with Crippen LogP contribution in [0.25, 0.3) is 0 Å². The second-order valence-corrected chi connectivity index (χ2v) is 5.78. The van der Waals surface area contributed by atoms with Gasteiger partial charge >= 0.3 is 6.03 Å². The zero-order valence-corrected chi connectivity index (χ0v) is 13.1. The molecule has 124 valence electrons. The molecule has 1 saturated heterocycles. The molecule has 0 saturated carbocycles. The quantitative estimate of drug-likeness (QED) is 0.616. The highest BCUT2D eigenvalue weighted by Crippen LogP contribution is 2.13. The average Bonchev–Trinajstić information content (AvgIpc) is 2.79. The van der Waals surface area contributed by atoms with E-state index in [0.29, 0.717) is 13.0 Å². The number of carbonyl (C=O) groups is 3. The van der Waals surface area contributed by atoms with Crippen LogP contribution < -0.4 is 10.6 Å². The topological polar surface area (TPSA) is 78.5 Å². The standard InChI is InChI=1S/C16H20FN3O3/c1-10(2)13-15(22)20(16(23)19-13)8-4-7-18-14(21)11-5-3-6-12(17)9-11/h3,5-6,9-10,13H,4,7-8H2,1-2H3,(H,18,21)(H,19,23)/t13-/m0/s1. The number of urea groups is 1. The third-order valence-electron chi connectivity index (χ3n) is 3.65. The number of nitrogens with one attached hydrogen (secondary N) is 2. The molecule has 2 N–H and O–H groups in total. The predicted octanol–water partition coefficient (Wildman–Crippen LogP) is 1.52. The Balaban J connectivity index is 1.78. The Hall–Kier alpha value is -2.44. The van der Waals surface area contributed by atoms with Crippen molar-refractivity contribution in [2.75, 3.05) is 13.1 Å². The van der Waals surface area contributed by atoms with Crippen molar-refractivity contribution < 1.29 is 18.8 Å². The summed E-state index contributed by atoms with van der Waals surface area (Å²) < 4.78 is 13.0. The minimum atomic E-state index is -0.482. The molecule has 7 heteroatoms. The van der Waals surface area contributed by atoms with Gasteiger partial charge < -0.3 is 10.6 Å². The zero-order valence-electron chi connectivity index (χ0n) is 13.1. The summed E-state index contributed by atoms with van der Waals surface area (Å²) >= 11 is 0. The lowest BCUT2D eigenvalue weighted by Crippen LogP contribution is -2.36. The maximum atomic E-state index is 13.0. The van der Waals surface area contributed by atoms with Crippen LogP contribution >= 0.6 is 0 Å². The fourth-order valence-corrected chi connectivity index (χ4v) is 2.38. The van der Waals surface area contributed by atoms with Crippen LogP contribution in [-0.2, 0) is 4.79 Å². The summed E-state index contributed by atoms with van der Waals surface area (Å²) in [4.78, 5) is 36.8. The van der Waals surface area contributed by atoms with Gasteiger partial charge in [0.05, 0.1) is 0 Å². The summed E-state index contributed by atoms with van der Waals surface area (Å²) in [5.74, 6) is -1.07. The number of amides is 4. The normalized spacial score (nSPS) is 17.6. The van der Waals surface area contributed by atoms with E-state index in [4.69, 9.17) is 0 Å². The molecule has 1 aromatic rings. The van der Waals surface area contributed by atoms with Gasteiger partial charge in [-0.05, 0) is 30.5 Å². The van der Waals surface area contributed by atoms with Gasteiger partial charge in [0.2, 0.25) is 0 Å². The van der Waals surface area contributed by atoms with E-state index in [2.05, 4.69) is 10.6 Å². The van der Waals surface area contributed by atoms with Crippen LogP contribution in [0.15, 0.2) is 24.3 Å². The molecule has 1 heterocycles. The Morgan fingerprint density at radius 3 is 2.74 bits per heavy atom. The number of rotatable bonds is 6. The van der Waals surface area contributed by atoms with Gasteiger partial charge in [0.15, 0.2) is 0 Å². The van der Waals surface area contributed by atoms with Crippen molar-refractivity contribution >= 4 is 17.8 Å². The van der Waals surface area contributed by atoms with Gasteiger partial charge in [-0.2, -0.15) is 0 Å². The molecule has 0 unspecified atom stereocenters. The molecule has 4 amide bonds. The second kappa shape index (κ2) is 7.21. The molecule has 1 aromatic carbocycles. The fourth-order valence-electron chi connectivity index (χ4n) is 2.38. The average molecular weight is 321 g/mol. The molecule has 0 bridgehead atoms. The highest BCUT2D eigenvalue weighted by molar-refractivity contribution is 6.04. The van der Waals surface area contributed by atoms with Crippen LogP contribution in [0.4, 0.5) is 9.18 Å². The highest BCUT2D eigenvalue weighted by atomic mass is 19.1. The van der Waals surface area contributed by atoms with Crippen LogP contribution in [0.3, 0.4) is 0 Å². The molecule has 1 atom stereocenters. The summed E-state index contributed by atoms with van der Waals surface area (Å²) in [5.41, 5.74) is 0.236. The van der Waals surface area contributed by atoms with Crippen LogP contribution in [0.1, 0.15) is 30.6 Å². The molecule has 0 aromatic heterocycles. The first kappa shape index (κ1) is 16.9. The number of hydrogen-bond donors (Lipinski definition) is 2. The minimum Gasteiger partial charge on any atom is -0.352 e. The Kier molecular flexibility index (Phi) is 5.31. The third kappa shape index (κ3) is 4.06. The van der Waals surface area contributed by atoms with Crippen molar-refractivity contribution in [2.45, 2.75) is 26.3 Å². The predicted molar refractivity (Wildman–Crippen MR) is 82.2 cm³/mol. The highest BCUT2D eigenvalue weighted by Gasteiger charge is 2.38. The van der Waals surface area contributed by atoms with E-state index in [1.54, 1.807) is 0 Å². The molecule has 1 aliphatic rings. The van der Waals surface area contributed by atoms with Crippen molar-refractivity contribution in [1.29, 1.82) is 0 Å². The lowest BCUT2D eigenvalue weighted by molar-refractivity contribution is -0.128. The summed E-state index contributed by atoms with van der Waals surface area (Å²) in [6, 6.07) is 4.51. The van der Waals surface area contributed by atoms with Crippen molar-refractivity contribution in [3.05, 3.63) is 35.6 Å². The van der Waals surface area contributed by atoms with Crippen LogP contribution in [0.2, 0.25) is 0 Å². The molecule has 2 rings (SSSR count). The molecule has 0 radical (unpaired) electrons. The smallest absolute Gasteiger partial charge is 0.324 e. The number of halogens is 1.